The molecule has 0 aliphatic rings. The highest BCUT2D eigenvalue weighted by atomic mass is 35.5. The summed E-state index contributed by atoms with van der Waals surface area (Å²) < 4.78 is 11.2. The van der Waals surface area contributed by atoms with Gasteiger partial charge in [-0.3, -0.25) is 0 Å². The predicted octanol–water partition coefficient (Wildman–Crippen LogP) is 4.03. The number of hydrogen-bond acceptors (Lipinski definition) is 3. The van der Waals surface area contributed by atoms with Gasteiger partial charge in [-0.25, -0.2) is 0 Å². The van der Waals surface area contributed by atoms with E-state index in [9.17, 15) is 0 Å². The first-order valence-electron chi connectivity index (χ1n) is 6.61. The van der Waals surface area contributed by atoms with Crippen LogP contribution < -0.4 is 14.8 Å². The normalized spacial score (nSPS) is 11.5. The van der Waals surface area contributed by atoms with Crippen molar-refractivity contribution in [3.63, 3.8) is 0 Å². The zero-order valence-corrected chi connectivity index (χ0v) is 13.2. The van der Waals surface area contributed by atoms with Crippen molar-refractivity contribution >= 4 is 11.6 Å². The first kappa shape index (κ1) is 16.1. The average molecular weight is 286 g/mol. The predicted molar refractivity (Wildman–Crippen MR) is 80.4 cm³/mol. The maximum absolute atomic E-state index is 6.12. The molecule has 4 heteroatoms. The van der Waals surface area contributed by atoms with Gasteiger partial charge in [0.1, 0.15) is 0 Å². The van der Waals surface area contributed by atoms with Gasteiger partial charge in [-0.1, -0.05) is 18.5 Å². The first-order valence-corrected chi connectivity index (χ1v) is 6.99. The molecule has 0 fully saturated rings. The van der Waals surface area contributed by atoms with Crippen LogP contribution in [0.15, 0.2) is 12.1 Å². The van der Waals surface area contributed by atoms with Crippen LogP contribution >= 0.6 is 11.6 Å². The molecule has 3 nitrogen and oxygen atoms in total. The van der Waals surface area contributed by atoms with Gasteiger partial charge in [-0.15, -0.1) is 0 Å². The standard InChI is InChI=1S/C15H24ClNO2/c1-6-7-19-14-11(10-17-15(2,3)4)8-12(16)9-13(14)18-5/h8-9,17H,6-7,10H2,1-5H3. The third kappa shape index (κ3) is 5.29. The molecule has 0 spiro atoms. The number of nitrogens with one attached hydrogen (secondary N) is 1. The summed E-state index contributed by atoms with van der Waals surface area (Å²) in [7, 11) is 1.63. The molecule has 1 rings (SSSR count). The van der Waals surface area contributed by atoms with Crippen LogP contribution in [0.4, 0.5) is 0 Å². The van der Waals surface area contributed by atoms with Gasteiger partial charge in [-0.05, 0) is 33.3 Å². The minimum absolute atomic E-state index is 0.0393. The van der Waals surface area contributed by atoms with Crippen LogP contribution in [0.25, 0.3) is 0 Å². The molecule has 0 unspecified atom stereocenters. The molecular formula is C15H24ClNO2. The number of hydrogen-bond donors (Lipinski definition) is 1. The SMILES string of the molecule is CCCOc1c(CNC(C)(C)C)cc(Cl)cc1OC. The van der Waals surface area contributed by atoms with E-state index in [1.54, 1.807) is 13.2 Å². The lowest BCUT2D eigenvalue weighted by atomic mass is 10.1. The van der Waals surface area contributed by atoms with Crippen molar-refractivity contribution in [1.82, 2.24) is 5.32 Å². The molecule has 1 aromatic carbocycles. The van der Waals surface area contributed by atoms with Gasteiger partial charge in [0, 0.05) is 28.7 Å². The molecule has 1 aromatic rings. The molecule has 19 heavy (non-hydrogen) atoms. The Morgan fingerprint density at radius 3 is 2.47 bits per heavy atom. The molecule has 0 radical (unpaired) electrons. The van der Waals surface area contributed by atoms with E-state index in [0.717, 1.165) is 17.7 Å². The van der Waals surface area contributed by atoms with Crippen LogP contribution in [0.3, 0.4) is 0 Å². The van der Waals surface area contributed by atoms with Gasteiger partial charge in [0.25, 0.3) is 0 Å². The Labute approximate surface area is 121 Å². The van der Waals surface area contributed by atoms with Crippen LogP contribution in [0.1, 0.15) is 39.7 Å². The van der Waals surface area contributed by atoms with E-state index in [4.69, 9.17) is 21.1 Å². The Bertz CT molecular complexity index is 413. The fourth-order valence-electron chi connectivity index (χ4n) is 1.63. The van der Waals surface area contributed by atoms with Crippen LogP contribution in [-0.4, -0.2) is 19.3 Å². The van der Waals surface area contributed by atoms with Crippen LogP contribution in [0, 0.1) is 0 Å². The van der Waals surface area contributed by atoms with Crippen molar-refractivity contribution in [1.29, 1.82) is 0 Å². The van der Waals surface area contributed by atoms with Gasteiger partial charge in [0.2, 0.25) is 0 Å². The Hall–Kier alpha value is -0.930. The summed E-state index contributed by atoms with van der Waals surface area (Å²) in [4.78, 5) is 0. The second-order valence-electron chi connectivity index (χ2n) is 5.55. The van der Waals surface area contributed by atoms with Gasteiger partial charge in [-0.2, -0.15) is 0 Å². The zero-order chi connectivity index (χ0) is 14.5. The second kappa shape index (κ2) is 7.01. The fourth-order valence-corrected chi connectivity index (χ4v) is 1.86. The minimum Gasteiger partial charge on any atom is -0.493 e. The Morgan fingerprint density at radius 2 is 1.95 bits per heavy atom. The van der Waals surface area contributed by atoms with E-state index in [0.29, 0.717) is 23.9 Å². The summed E-state index contributed by atoms with van der Waals surface area (Å²) in [5.74, 6) is 1.47. The molecule has 0 aliphatic heterocycles. The Balaban J connectivity index is 3.01. The largest absolute Gasteiger partial charge is 0.493 e. The third-order valence-corrected chi connectivity index (χ3v) is 2.79. The number of halogens is 1. The van der Waals surface area contributed by atoms with Crippen molar-refractivity contribution < 1.29 is 9.47 Å². The lowest BCUT2D eigenvalue weighted by molar-refractivity contribution is 0.289. The summed E-state index contributed by atoms with van der Waals surface area (Å²) >= 11 is 6.12. The van der Waals surface area contributed by atoms with Crippen molar-refractivity contribution in [2.24, 2.45) is 0 Å². The molecule has 0 heterocycles. The summed E-state index contributed by atoms with van der Waals surface area (Å²) in [6.45, 7) is 9.82. The number of methoxy groups -OCH3 is 1. The van der Waals surface area contributed by atoms with Gasteiger partial charge in [0.05, 0.1) is 13.7 Å². The summed E-state index contributed by atoms with van der Waals surface area (Å²) in [5.41, 5.74) is 1.06. The van der Waals surface area contributed by atoms with E-state index < -0.39 is 0 Å². The summed E-state index contributed by atoms with van der Waals surface area (Å²) in [6.07, 6.45) is 0.956. The topological polar surface area (TPSA) is 30.5 Å². The van der Waals surface area contributed by atoms with Crippen molar-refractivity contribution in [3.8, 4) is 11.5 Å². The average Bonchev–Trinajstić information content (AvgIpc) is 2.33. The Kier molecular flexibility index (Phi) is 5.95. The van der Waals surface area contributed by atoms with E-state index in [-0.39, 0.29) is 5.54 Å². The van der Waals surface area contributed by atoms with E-state index in [1.165, 1.54) is 0 Å². The second-order valence-corrected chi connectivity index (χ2v) is 5.98. The highest BCUT2D eigenvalue weighted by Gasteiger charge is 2.15. The maximum Gasteiger partial charge on any atom is 0.165 e. The quantitative estimate of drug-likeness (QED) is 0.856. The van der Waals surface area contributed by atoms with E-state index in [2.05, 4.69) is 33.0 Å². The number of rotatable bonds is 6. The molecule has 1 N–H and O–H groups in total. The molecular weight excluding hydrogens is 262 g/mol. The third-order valence-electron chi connectivity index (χ3n) is 2.58. The first-order chi connectivity index (χ1) is 8.87. The van der Waals surface area contributed by atoms with Crippen LogP contribution in [0.5, 0.6) is 11.5 Å². The molecule has 0 aromatic heterocycles. The highest BCUT2D eigenvalue weighted by Crippen LogP contribution is 2.35. The monoisotopic (exact) mass is 285 g/mol. The highest BCUT2D eigenvalue weighted by molar-refractivity contribution is 6.30. The van der Waals surface area contributed by atoms with E-state index in [1.807, 2.05) is 6.07 Å². The lowest BCUT2D eigenvalue weighted by Gasteiger charge is -2.22. The molecule has 108 valence electrons. The van der Waals surface area contributed by atoms with Crippen molar-refractivity contribution in [2.45, 2.75) is 46.2 Å². The summed E-state index contributed by atoms with van der Waals surface area (Å²) in [6, 6.07) is 3.71. The number of ether oxygens (including phenoxy) is 2. The van der Waals surface area contributed by atoms with Gasteiger partial charge >= 0.3 is 0 Å². The molecule has 0 amide bonds. The van der Waals surface area contributed by atoms with E-state index >= 15 is 0 Å². The number of benzene rings is 1. The van der Waals surface area contributed by atoms with Crippen LogP contribution in [-0.2, 0) is 6.54 Å². The lowest BCUT2D eigenvalue weighted by Crippen LogP contribution is -2.35. The minimum atomic E-state index is 0.0393. The van der Waals surface area contributed by atoms with Gasteiger partial charge in [0.15, 0.2) is 11.5 Å². The fraction of sp³-hybridized carbons (Fsp3) is 0.600. The Morgan fingerprint density at radius 1 is 1.26 bits per heavy atom. The van der Waals surface area contributed by atoms with Crippen LogP contribution in [0.2, 0.25) is 5.02 Å². The summed E-state index contributed by atoms with van der Waals surface area (Å²) in [5, 5.41) is 4.10. The van der Waals surface area contributed by atoms with Crippen molar-refractivity contribution in [3.05, 3.63) is 22.7 Å². The smallest absolute Gasteiger partial charge is 0.165 e. The molecule has 0 atom stereocenters. The molecule has 0 saturated heterocycles. The molecule has 0 bridgehead atoms. The molecule has 0 saturated carbocycles. The zero-order valence-electron chi connectivity index (χ0n) is 12.5. The maximum atomic E-state index is 6.12. The van der Waals surface area contributed by atoms with Gasteiger partial charge < -0.3 is 14.8 Å². The van der Waals surface area contributed by atoms with Crippen molar-refractivity contribution in [2.75, 3.05) is 13.7 Å². The molecule has 0 aliphatic carbocycles.